The summed E-state index contributed by atoms with van der Waals surface area (Å²) < 4.78 is 82.2. The normalized spacial score (nSPS) is 12.2. The molecular formula is C105H75Cl10F5N14O7. The summed E-state index contributed by atoms with van der Waals surface area (Å²) in [5, 5.41) is 35.5. The molecule has 8 aromatic carbocycles. The SMILES string of the molecule is CC(On1ccc2ncc(-c3ccc(CC#N)cc3)cc21)c1c(Cl)ccc(F)c1Cl.CC(On1ccc2ncc(-c3cccc(CC#N)c3)cc21)c1c(Cl)ccc(F)c1Cl.CC(On1ccc2ncc(-c3ccccc3CO)cc21)c1c(Cl)ccc(F)c1Cl.CC(On1ccc2ncc(-c3ccoc3)cc21)c1c(Cl)ccc(F)c1Cl.CC(On1ccc2ncc(-c3cn[nH]c3)cc21)c1c(Cl)ccc(F)c1Cl. The minimum atomic E-state index is -0.602. The van der Waals surface area contributed by atoms with Crippen LogP contribution >= 0.6 is 116 Å². The molecule has 12 aromatic heterocycles. The summed E-state index contributed by atoms with van der Waals surface area (Å²) in [6, 6.07) is 61.5. The molecule has 0 spiro atoms. The quantitative estimate of drug-likeness (QED) is 0.0447. The van der Waals surface area contributed by atoms with Gasteiger partial charge in [-0.25, -0.2) is 22.0 Å². The molecule has 0 saturated heterocycles. The number of benzene rings is 8. The maximum Gasteiger partial charge on any atom is 0.150 e. The van der Waals surface area contributed by atoms with E-state index in [1.54, 1.807) is 145 Å². The number of aliphatic hydroxyl groups excluding tert-OH is 1. The monoisotopic (exact) mass is 2090 g/mol. The summed E-state index contributed by atoms with van der Waals surface area (Å²) in [6.45, 7) is 8.69. The number of hydrogen-bond donors (Lipinski definition) is 2. The molecular weight excluding hydrogens is 2020 g/mol. The Balaban J connectivity index is 0.000000127. The third kappa shape index (κ3) is 22.5. The number of halogens is 15. The van der Waals surface area contributed by atoms with Crippen molar-refractivity contribution in [1.29, 1.82) is 10.5 Å². The van der Waals surface area contributed by atoms with Crippen molar-refractivity contribution >= 4 is 171 Å². The van der Waals surface area contributed by atoms with Gasteiger partial charge in [0.15, 0.2) is 30.5 Å². The molecule has 0 aliphatic rings. The van der Waals surface area contributed by atoms with Gasteiger partial charge in [0.2, 0.25) is 0 Å². The number of H-pyrrole nitrogens is 1. The lowest BCUT2D eigenvalue weighted by atomic mass is 10.0. The van der Waals surface area contributed by atoms with E-state index < -0.39 is 59.6 Å². The number of rotatable bonds is 23. The van der Waals surface area contributed by atoms with Crippen LogP contribution < -0.4 is 24.2 Å². The van der Waals surface area contributed by atoms with Crippen molar-refractivity contribution in [3.05, 3.63) is 411 Å². The summed E-state index contributed by atoms with van der Waals surface area (Å²) >= 11 is 61.5. The number of aliphatic hydroxyl groups is 1. The average Bonchev–Trinajstić information content (AvgIpc) is 1.67. The molecule has 712 valence electrons. The lowest BCUT2D eigenvalue weighted by Crippen LogP contribution is -2.16. The molecule has 5 unspecified atom stereocenters. The minimum absolute atomic E-state index is 0.0429. The second kappa shape index (κ2) is 44.8. The first-order chi connectivity index (χ1) is 68.0. The van der Waals surface area contributed by atoms with Gasteiger partial charge >= 0.3 is 0 Å². The minimum Gasteiger partial charge on any atom is -0.472 e. The summed E-state index contributed by atoms with van der Waals surface area (Å²) in [6.07, 6.45) is 22.1. The van der Waals surface area contributed by atoms with Crippen molar-refractivity contribution in [2.45, 2.75) is 84.6 Å². The maximum atomic E-state index is 13.9. The van der Waals surface area contributed by atoms with Crippen molar-refractivity contribution < 1.29 is 55.7 Å². The number of furan rings is 1. The summed E-state index contributed by atoms with van der Waals surface area (Å²) in [5.74, 6) is -2.73. The van der Waals surface area contributed by atoms with Crippen LogP contribution in [0.4, 0.5) is 22.0 Å². The van der Waals surface area contributed by atoms with E-state index in [-0.39, 0.29) is 31.7 Å². The van der Waals surface area contributed by atoms with Gasteiger partial charge in [-0.05, 0) is 195 Å². The van der Waals surface area contributed by atoms with E-state index >= 15 is 0 Å². The van der Waals surface area contributed by atoms with Gasteiger partial charge in [-0.3, -0.25) is 30.0 Å². The highest BCUT2D eigenvalue weighted by Crippen LogP contribution is 2.42. The Hall–Kier alpha value is -13.8. The summed E-state index contributed by atoms with van der Waals surface area (Å²) in [4.78, 5) is 52.3. The van der Waals surface area contributed by atoms with Gasteiger partial charge in [0, 0.05) is 160 Å². The smallest absolute Gasteiger partial charge is 0.150 e. The molecule has 0 bridgehead atoms. The molecule has 141 heavy (non-hydrogen) atoms. The first-order valence-electron chi connectivity index (χ1n) is 43.0. The Bertz CT molecular complexity index is 7880. The van der Waals surface area contributed by atoms with Crippen LogP contribution in [0.1, 0.15) is 110 Å². The molecule has 0 saturated carbocycles. The molecule has 12 heterocycles. The number of hydrogen-bond acceptors (Lipinski definition) is 15. The lowest BCUT2D eigenvalue weighted by molar-refractivity contribution is 0.0561. The lowest BCUT2D eigenvalue weighted by Gasteiger charge is -2.19. The first kappa shape index (κ1) is 100. The predicted octanol–water partition coefficient (Wildman–Crippen LogP) is 29.6. The van der Waals surface area contributed by atoms with Crippen LogP contribution in [0.5, 0.6) is 0 Å². The number of fused-ring (bicyclic) bond motifs is 5. The number of aromatic nitrogens is 12. The Labute approximate surface area is 852 Å². The zero-order valence-electron chi connectivity index (χ0n) is 74.5. The number of nitriles is 2. The molecule has 20 aromatic rings. The number of nitrogens with one attached hydrogen (secondary N) is 1. The highest BCUT2D eigenvalue weighted by atomic mass is 35.5. The predicted molar refractivity (Wildman–Crippen MR) is 542 cm³/mol. The highest BCUT2D eigenvalue weighted by Gasteiger charge is 2.28. The van der Waals surface area contributed by atoms with Crippen LogP contribution in [0.25, 0.3) is 111 Å². The van der Waals surface area contributed by atoms with Gasteiger partial charge in [-0.2, -0.15) is 39.3 Å². The molecule has 5 atom stereocenters. The van der Waals surface area contributed by atoms with E-state index in [4.69, 9.17) is 155 Å². The molecule has 0 radical (unpaired) electrons. The van der Waals surface area contributed by atoms with E-state index in [2.05, 4.69) is 47.3 Å². The zero-order valence-corrected chi connectivity index (χ0v) is 82.1. The van der Waals surface area contributed by atoms with E-state index in [9.17, 15) is 27.1 Å². The van der Waals surface area contributed by atoms with E-state index in [1.165, 1.54) is 60.7 Å². The van der Waals surface area contributed by atoms with Crippen molar-refractivity contribution in [1.82, 2.24) is 58.8 Å². The van der Waals surface area contributed by atoms with Gasteiger partial charge in [0.25, 0.3) is 0 Å². The fourth-order valence-corrected chi connectivity index (χ4v) is 18.9. The second-order valence-electron chi connectivity index (χ2n) is 31.8. The number of pyridine rings is 5. The number of nitrogens with zero attached hydrogens (tertiary/aromatic N) is 13. The Morgan fingerprint density at radius 3 is 1.00 bits per heavy atom. The van der Waals surface area contributed by atoms with E-state index in [0.29, 0.717) is 65.8 Å². The largest absolute Gasteiger partial charge is 0.472 e. The van der Waals surface area contributed by atoms with E-state index in [0.717, 1.165) is 127 Å². The second-order valence-corrected chi connectivity index (χ2v) is 35.7. The van der Waals surface area contributed by atoms with Crippen LogP contribution in [0.2, 0.25) is 50.2 Å². The molecule has 21 nitrogen and oxygen atoms in total. The Kier molecular flexibility index (Phi) is 31.8. The molecule has 20 rings (SSSR count). The molecule has 2 N–H and O–H groups in total. The van der Waals surface area contributed by atoms with Gasteiger partial charge in [0.05, 0.1) is 103 Å². The molecule has 0 amide bonds. The van der Waals surface area contributed by atoms with E-state index in [1.807, 2.05) is 140 Å². The standard InChI is InChI=1S/2C23H16Cl2FN3O.C22H17Cl2FN2O2.C19H13Cl2FN2O2.C18H13Cl2FN4O/c1-14(22-18(24)6-7-19(26)23(22)25)30-29-11-9-20-21(29)12-17(13-28-20)16-4-2-15(3-5-16)8-10-27;1-14(22-18(24)5-6-19(26)23(22)25)30-29-10-8-20-21(29)12-17(13-28-20)16-4-2-3-15(11-16)7-9-27;1-13(21-17(23)6-7-18(25)22(21)24)29-27-9-8-19-20(27)10-15(11-26-19)16-5-3-2-4-14(16)12-28;1-11(18-14(20)2-3-15(22)19(18)21)26-24-6-4-16-17(24)8-13(9-23-16)12-5-7-25-10-12;1-10(17-13(19)2-3-14(21)18(17)20)26-25-5-4-15-16(25)6-11(7-22-15)12-8-23-24-9-12/h2-7,9,11-14H,8H2,1H3;2-6,8,10-14H,7H2,1H3;2-11,13,28H,12H2,1H3;2-11H,1H3;2-10H,1H3,(H,23,24). The van der Waals surface area contributed by atoms with Crippen molar-refractivity contribution in [2.24, 2.45) is 0 Å². The average molecular weight is 2090 g/mol. The third-order valence-electron chi connectivity index (χ3n) is 22.6. The van der Waals surface area contributed by atoms with Crippen LogP contribution in [-0.2, 0) is 19.4 Å². The fourth-order valence-electron chi connectivity index (χ4n) is 15.5. The number of aromatic amines is 1. The molecule has 0 fully saturated rings. The zero-order chi connectivity index (χ0) is 99.6. The highest BCUT2D eigenvalue weighted by molar-refractivity contribution is 6.38. The Morgan fingerprint density at radius 2 is 0.667 bits per heavy atom. The summed E-state index contributed by atoms with van der Waals surface area (Å²) in [5.41, 5.74) is 21.2. The Morgan fingerprint density at radius 1 is 0.340 bits per heavy atom. The van der Waals surface area contributed by atoms with Crippen molar-refractivity contribution in [2.75, 3.05) is 0 Å². The van der Waals surface area contributed by atoms with Crippen molar-refractivity contribution in [3.8, 4) is 67.8 Å². The van der Waals surface area contributed by atoms with Crippen LogP contribution in [-0.4, -0.2) is 63.9 Å². The first-order valence-corrected chi connectivity index (χ1v) is 46.8. The van der Waals surface area contributed by atoms with Gasteiger partial charge in [-0.1, -0.05) is 189 Å². The van der Waals surface area contributed by atoms with Crippen LogP contribution in [0, 0.1) is 51.7 Å². The summed E-state index contributed by atoms with van der Waals surface area (Å²) in [7, 11) is 0. The topological polar surface area (TPSA) is 245 Å². The van der Waals surface area contributed by atoms with Crippen molar-refractivity contribution in [3.63, 3.8) is 0 Å². The van der Waals surface area contributed by atoms with Crippen LogP contribution in [0.3, 0.4) is 0 Å². The third-order valence-corrected chi connectivity index (χ3v) is 26.2. The van der Waals surface area contributed by atoms with Crippen LogP contribution in [0.15, 0.2) is 291 Å². The van der Waals surface area contributed by atoms with Gasteiger partial charge in [0.1, 0.15) is 56.7 Å². The molecule has 0 aliphatic carbocycles. The van der Waals surface area contributed by atoms with Gasteiger partial charge in [-0.15, -0.1) is 0 Å². The fraction of sp³-hybridized carbons (Fsp3) is 0.124. The van der Waals surface area contributed by atoms with Gasteiger partial charge < -0.3 is 33.7 Å². The molecule has 36 heteroatoms. The maximum absolute atomic E-state index is 13.9. The molecule has 0 aliphatic heterocycles.